The molecule has 4 nitrogen and oxygen atoms in total. The second kappa shape index (κ2) is 7.54. The highest BCUT2D eigenvalue weighted by Gasteiger charge is 2.32. The summed E-state index contributed by atoms with van der Waals surface area (Å²) in [5.74, 6) is 0.546. The van der Waals surface area contributed by atoms with E-state index < -0.39 is 0 Å². The summed E-state index contributed by atoms with van der Waals surface area (Å²) in [5, 5.41) is 0. The maximum absolute atomic E-state index is 12.1. The maximum atomic E-state index is 12.1. The Labute approximate surface area is 133 Å². The number of aryl methyl sites for hydroxylation is 1. The van der Waals surface area contributed by atoms with Gasteiger partial charge in [0.25, 0.3) is 0 Å². The Morgan fingerprint density at radius 1 is 1.50 bits per heavy atom. The summed E-state index contributed by atoms with van der Waals surface area (Å²) in [5.41, 5.74) is 2.28. The molecule has 0 unspecified atom stereocenters. The number of hydrogen-bond donors (Lipinski definition) is 0. The van der Waals surface area contributed by atoms with Gasteiger partial charge in [-0.05, 0) is 30.5 Å². The van der Waals surface area contributed by atoms with Gasteiger partial charge in [-0.3, -0.25) is 14.7 Å². The van der Waals surface area contributed by atoms with Gasteiger partial charge < -0.3 is 4.90 Å². The number of amides is 1. The van der Waals surface area contributed by atoms with Crippen LogP contribution in [0.15, 0.2) is 31.0 Å². The molecule has 1 fully saturated rings. The van der Waals surface area contributed by atoms with Crippen molar-refractivity contribution in [2.75, 3.05) is 19.6 Å². The molecule has 0 aliphatic carbocycles. The second-order valence-corrected chi connectivity index (χ2v) is 6.23. The van der Waals surface area contributed by atoms with E-state index in [1.54, 1.807) is 0 Å². The lowest BCUT2D eigenvalue weighted by atomic mass is 9.95. The van der Waals surface area contributed by atoms with Crippen LogP contribution in [0.5, 0.6) is 0 Å². The number of aromatic nitrogens is 1. The Balaban J connectivity index is 2.05. The van der Waals surface area contributed by atoms with Gasteiger partial charge >= 0.3 is 0 Å². The molecular weight excluding hydrogens is 274 g/mol. The van der Waals surface area contributed by atoms with Crippen molar-refractivity contribution in [2.45, 2.75) is 39.8 Å². The van der Waals surface area contributed by atoms with Gasteiger partial charge in [0, 0.05) is 44.1 Å². The van der Waals surface area contributed by atoms with Crippen molar-refractivity contribution in [3.63, 3.8) is 0 Å². The van der Waals surface area contributed by atoms with Crippen molar-refractivity contribution in [3.8, 4) is 0 Å². The van der Waals surface area contributed by atoms with E-state index in [0.29, 0.717) is 5.92 Å². The molecule has 4 heteroatoms. The summed E-state index contributed by atoms with van der Waals surface area (Å²) in [7, 11) is 0. The van der Waals surface area contributed by atoms with Gasteiger partial charge in [-0.25, -0.2) is 0 Å². The van der Waals surface area contributed by atoms with E-state index in [9.17, 15) is 4.79 Å². The van der Waals surface area contributed by atoms with Crippen LogP contribution in [-0.2, 0) is 11.3 Å². The van der Waals surface area contributed by atoms with Crippen molar-refractivity contribution in [1.82, 2.24) is 14.8 Å². The molecule has 0 aromatic carbocycles. The molecule has 1 amide bonds. The van der Waals surface area contributed by atoms with Crippen molar-refractivity contribution in [1.29, 1.82) is 0 Å². The van der Waals surface area contributed by atoms with Crippen molar-refractivity contribution >= 4 is 5.91 Å². The van der Waals surface area contributed by atoms with Crippen LogP contribution in [0.25, 0.3) is 0 Å². The SMILES string of the molecule is C=CC(=O)N1CCN(Cc2ccc(C)nc2)C[C@H]1[C@@H](C)CC. The molecule has 1 aliphatic rings. The van der Waals surface area contributed by atoms with Crippen molar-refractivity contribution in [3.05, 3.63) is 42.2 Å². The number of piperazine rings is 1. The first-order valence-electron chi connectivity index (χ1n) is 8.12. The fraction of sp³-hybridized carbons (Fsp3) is 0.556. The predicted octanol–water partition coefficient (Wildman–Crippen LogP) is 2.63. The number of hydrogen-bond acceptors (Lipinski definition) is 3. The second-order valence-electron chi connectivity index (χ2n) is 6.23. The molecule has 1 aromatic rings. The van der Waals surface area contributed by atoms with Crippen molar-refractivity contribution < 1.29 is 4.79 Å². The van der Waals surface area contributed by atoms with E-state index in [1.807, 2.05) is 18.0 Å². The molecule has 1 aliphatic heterocycles. The quantitative estimate of drug-likeness (QED) is 0.785. The van der Waals surface area contributed by atoms with Crippen LogP contribution < -0.4 is 0 Å². The molecule has 1 aromatic heterocycles. The van der Waals surface area contributed by atoms with Crippen LogP contribution in [0.1, 0.15) is 31.5 Å². The van der Waals surface area contributed by atoms with Gasteiger partial charge in [-0.15, -0.1) is 0 Å². The van der Waals surface area contributed by atoms with E-state index in [1.165, 1.54) is 11.6 Å². The average molecular weight is 301 g/mol. The number of nitrogens with zero attached hydrogens (tertiary/aromatic N) is 3. The minimum absolute atomic E-state index is 0.0574. The summed E-state index contributed by atoms with van der Waals surface area (Å²) in [4.78, 5) is 20.9. The van der Waals surface area contributed by atoms with Crippen molar-refractivity contribution in [2.24, 2.45) is 5.92 Å². The molecule has 2 heterocycles. The zero-order valence-electron chi connectivity index (χ0n) is 14.0. The van der Waals surface area contributed by atoms with E-state index in [4.69, 9.17) is 0 Å². The topological polar surface area (TPSA) is 36.4 Å². The van der Waals surface area contributed by atoms with Gasteiger partial charge in [0.15, 0.2) is 0 Å². The normalized spacial score (nSPS) is 20.7. The number of carbonyl (C=O) groups excluding carboxylic acids is 1. The van der Waals surface area contributed by atoms with Crippen LogP contribution >= 0.6 is 0 Å². The Kier molecular flexibility index (Phi) is 5.72. The predicted molar refractivity (Wildman–Crippen MR) is 89.4 cm³/mol. The Bertz CT molecular complexity index is 512. The van der Waals surface area contributed by atoms with E-state index in [-0.39, 0.29) is 11.9 Å². The summed E-state index contributed by atoms with van der Waals surface area (Å²) < 4.78 is 0. The van der Waals surface area contributed by atoms with Gasteiger partial charge in [-0.1, -0.05) is 32.9 Å². The molecule has 0 bridgehead atoms. The lowest BCUT2D eigenvalue weighted by molar-refractivity contribution is -0.132. The first kappa shape index (κ1) is 16.7. The number of carbonyl (C=O) groups is 1. The van der Waals surface area contributed by atoms with Crippen LogP contribution in [0.2, 0.25) is 0 Å². The largest absolute Gasteiger partial charge is 0.333 e. The minimum Gasteiger partial charge on any atom is -0.333 e. The molecule has 22 heavy (non-hydrogen) atoms. The third-order valence-corrected chi connectivity index (χ3v) is 4.64. The lowest BCUT2D eigenvalue weighted by Crippen LogP contribution is -2.56. The molecular formula is C18H27N3O. The molecule has 120 valence electrons. The number of rotatable bonds is 5. The third kappa shape index (κ3) is 3.95. The molecule has 1 saturated heterocycles. The molecule has 0 spiro atoms. The molecule has 0 N–H and O–H groups in total. The smallest absolute Gasteiger partial charge is 0.246 e. The zero-order valence-corrected chi connectivity index (χ0v) is 14.0. The molecule has 2 atom stereocenters. The number of pyridine rings is 1. The summed E-state index contributed by atoms with van der Waals surface area (Å²) in [6.07, 6.45) is 4.47. The Hall–Kier alpha value is -1.68. The summed E-state index contributed by atoms with van der Waals surface area (Å²) in [6, 6.07) is 4.46. The van der Waals surface area contributed by atoms with Crippen LogP contribution in [0.4, 0.5) is 0 Å². The first-order valence-corrected chi connectivity index (χ1v) is 8.12. The van der Waals surface area contributed by atoms with Crippen LogP contribution in [0, 0.1) is 12.8 Å². The van der Waals surface area contributed by atoms with Gasteiger partial charge in [-0.2, -0.15) is 0 Å². The lowest BCUT2D eigenvalue weighted by Gasteiger charge is -2.43. The zero-order chi connectivity index (χ0) is 16.1. The fourth-order valence-electron chi connectivity index (χ4n) is 3.01. The van der Waals surface area contributed by atoms with E-state index in [2.05, 4.69) is 42.4 Å². The highest BCUT2D eigenvalue weighted by molar-refractivity contribution is 5.87. The van der Waals surface area contributed by atoms with E-state index in [0.717, 1.165) is 38.3 Å². The Morgan fingerprint density at radius 3 is 2.86 bits per heavy atom. The summed E-state index contributed by atoms with van der Waals surface area (Å²) >= 11 is 0. The maximum Gasteiger partial charge on any atom is 0.246 e. The summed E-state index contributed by atoms with van der Waals surface area (Å²) in [6.45, 7) is 13.5. The van der Waals surface area contributed by atoms with Gasteiger partial charge in [0.1, 0.15) is 0 Å². The average Bonchev–Trinajstić information content (AvgIpc) is 2.55. The molecule has 0 saturated carbocycles. The fourth-order valence-corrected chi connectivity index (χ4v) is 3.01. The van der Waals surface area contributed by atoms with Gasteiger partial charge in [0.05, 0.1) is 0 Å². The Morgan fingerprint density at radius 2 is 2.27 bits per heavy atom. The third-order valence-electron chi connectivity index (χ3n) is 4.64. The van der Waals surface area contributed by atoms with Crippen LogP contribution in [0.3, 0.4) is 0 Å². The highest BCUT2D eigenvalue weighted by atomic mass is 16.2. The van der Waals surface area contributed by atoms with Gasteiger partial charge in [0.2, 0.25) is 5.91 Å². The highest BCUT2D eigenvalue weighted by Crippen LogP contribution is 2.21. The minimum atomic E-state index is 0.0574. The van der Waals surface area contributed by atoms with Crippen LogP contribution in [-0.4, -0.2) is 46.4 Å². The molecule has 0 radical (unpaired) electrons. The molecule has 2 rings (SSSR count). The standard InChI is InChI=1S/C18H27N3O/c1-5-14(3)17-13-20(9-10-21(17)18(22)6-2)12-16-8-7-15(4)19-11-16/h6-8,11,14,17H,2,5,9-10,12-13H2,1,3-4H3/t14-,17-/m0/s1. The van der Waals surface area contributed by atoms with E-state index >= 15 is 0 Å². The monoisotopic (exact) mass is 301 g/mol. The first-order chi connectivity index (χ1) is 10.5.